The number of sulfone groups is 1. The number of carbonyl (C=O) groups is 2. The maximum atomic E-state index is 13.3. The molecule has 2 unspecified atom stereocenters. The second kappa shape index (κ2) is 8.61. The number of likely N-dealkylation sites (tertiary alicyclic amines) is 1. The van der Waals surface area contributed by atoms with Crippen LogP contribution >= 0.6 is 23.2 Å². The van der Waals surface area contributed by atoms with Crippen molar-refractivity contribution >= 4 is 44.9 Å². The number of halogens is 2. The Labute approximate surface area is 196 Å². The van der Waals surface area contributed by atoms with Crippen molar-refractivity contribution in [2.75, 3.05) is 6.54 Å². The van der Waals surface area contributed by atoms with Gasteiger partial charge in [-0.2, -0.15) is 0 Å². The molecular weight excluding hydrogens is 475 g/mol. The Morgan fingerprint density at radius 1 is 1.19 bits per heavy atom. The molecule has 0 bridgehead atoms. The molecule has 2 amide bonds. The number of hydrogen-bond acceptors (Lipinski definition) is 6. The highest BCUT2D eigenvalue weighted by Crippen LogP contribution is 2.36. The fourth-order valence-corrected chi connectivity index (χ4v) is 6.08. The van der Waals surface area contributed by atoms with E-state index in [0.717, 1.165) is 12.8 Å². The molecule has 4 rings (SSSR count). The molecule has 1 aromatic heterocycles. The standard InChI is InChI=1S/C21H22Cl2N4O4S/c1-21(6-7-21)26-20(29)16-8-14(32(30,31)17-5-3-2-4-15(17)23)12-27(16)19(28)9-18-24-10-13(22)11-25-18/h2-5,10-11,14,16H,6-9,12H2,1H3,(H,26,29). The van der Waals surface area contributed by atoms with Crippen LogP contribution in [0.15, 0.2) is 41.6 Å². The summed E-state index contributed by atoms with van der Waals surface area (Å²) in [6.07, 6.45) is 4.27. The average molecular weight is 497 g/mol. The molecule has 1 aromatic carbocycles. The normalized spacial score (nSPS) is 21.9. The summed E-state index contributed by atoms with van der Waals surface area (Å²) in [7, 11) is -3.86. The van der Waals surface area contributed by atoms with Crippen molar-refractivity contribution in [3.05, 3.63) is 52.5 Å². The number of nitrogens with zero attached hydrogens (tertiary/aromatic N) is 3. The lowest BCUT2D eigenvalue weighted by molar-refractivity contribution is -0.138. The molecule has 11 heteroatoms. The topological polar surface area (TPSA) is 109 Å². The first-order valence-electron chi connectivity index (χ1n) is 10.2. The molecule has 2 fully saturated rings. The first-order valence-corrected chi connectivity index (χ1v) is 12.5. The highest BCUT2D eigenvalue weighted by atomic mass is 35.5. The van der Waals surface area contributed by atoms with Crippen LogP contribution in [0.5, 0.6) is 0 Å². The number of nitrogens with one attached hydrogen (secondary N) is 1. The largest absolute Gasteiger partial charge is 0.349 e. The van der Waals surface area contributed by atoms with E-state index in [2.05, 4.69) is 15.3 Å². The summed E-state index contributed by atoms with van der Waals surface area (Å²) in [4.78, 5) is 35.5. The van der Waals surface area contributed by atoms with Gasteiger partial charge in [-0.25, -0.2) is 18.4 Å². The minimum atomic E-state index is -3.86. The Hall–Kier alpha value is -2.23. The molecule has 1 aliphatic heterocycles. The summed E-state index contributed by atoms with van der Waals surface area (Å²) in [5.74, 6) is -0.539. The highest BCUT2D eigenvalue weighted by molar-refractivity contribution is 7.92. The van der Waals surface area contributed by atoms with E-state index >= 15 is 0 Å². The third-order valence-corrected chi connectivity index (χ3v) is 8.70. The molecule has 32 heavy (non-hydrogen) atoms. The smallest absolute Gasteiger partial charge is 0.243 e. The van der Waals surface area contributed by atoms with Crippen LogP contribution in [0.4, 0.5) is 0 Å². The van der Waals surface area contributed by atoms with Gasteiger partial charge in [-0.15, -0.1) is 0 Å². The molecular formula is C21H22Cl2N4O4S. The van der Waals surface area contributed by atoms with Gasteiger partial charge in [0, 0.05) is 24.5 Å². The number of aromatic nitrogens is 2. The van der Waals surface area contributed by atoms with Crippen LogP contribution in [0.25, 0.3) is 0 Å². The second-order valence-corrected chi connectivity index (χ2v) is 11.5. The molecule has 1 N–H and O–H groups in total. The molecule has 0 radical (unpaired) electrons. The van der Waals surface area contributed by atoms with Crippen LogP contribution in [0, 0.1) is 0 Å². The van der Waals surface area contributed by atoms with Crippen LogP contribution in [-0.2, 0) is 25.8 Å². The van der Waals surface area contributed by atoms with Crippen LogP contribution in [0.3, 0.4) is 0 Å². The Bertz CT molecular complexity index is 1150. The second-order valence-electron chi connectivity index (χ2n) is 8.44. The van der Waals surface area contributed by atoms with Crippen LogP contribution in [0.2, 0.25) is 10.0 Å². The summed E-state index contributed by atoms with van der Waals surface area (Å²) in [5, 5.41) is 2.44. The van der Waals surface area contributed by atoms with Crippen molar-refractivity contribution in [3.63, 3.8) is 0 Å². The lowest BCUT2D eigenvalue weighted by Gasteiger charge is -2.25. The molecule has 0 spiro atoms. The molecule has 2 heterocycles. The average Bonchev–Trinajstić information content (AvgIpc) is 3.28. The monoisotopic (exact) mass is 496 g/mol. The van der Waals surface area contributed by atoms with Crippen molar-refractivity contribution < 1.29 is 18.0 Å². The first-order chi connectivity index (χ1) is 15.1. The number of benzene rings is 1. The van der Waals surface area contributed by atoms with Gasteiger partial charge in [-0.05, 0) is 38.3 Å². The Kier molecular flexibility index (Phi) is 6.17. The van der Waals surface area contributed by atoms with Crippen molar-refractivity contribution in [1.82, 2.24) is 20.2 Å². The van der Waals surface area contributed by atoms with Crippen LogP contribution < -0.4 is 5.32 Å². The number of amides is 2. The molecule has 1 saturated heterocycles. The zero-order chi connectivity index (χ0) is 23.1. The van der Waals surface area contributed by atoms with Crippen molar-refractivity contribution in [2.45, 2.75) is 54.3 Å². The quantitative estimate of drug-likeness (QED) is 0.657. The summed E-state index contributed by atoms with van der Waals surface area (Å²) in [6.45, 7) is 1.81. The van der Waals surface area contributed by atoms with E-state index in [1.807, 2.05) is 6.92 Å². The molecule has 1 aliphatic carbocycles. The van der Waals surface area contributed by atoms with E-state index in [9.17, 15) is 18.0 Å². The third-order valence-electron chi connectivity index (χ3n) is 5.88. The predicted molar refractivity (Wildman–Crippen MR) is 119 cm³/mol. The van der Waals surface area contributed by atoms with Gasteiger partial charge in [-0.1, -0.05) is 35.3 Å². The van der Waals surface area contributed by atoms with E-state index in [0.29, 0.717) is 5.02 Å². The SMILES string of the molecule is CC1(NC(=O)C2CC(S(=O)(=O)c3ccccc3Cl)CN2C(=O)Cc2ncc(Cl)cn2)CC1. The maximum Gasteiger partial charge on any atom is 0.243 e. The Balaban J connectivity index is 1.60. The highest BCUT2D eigenvalue weighted by Gasteiger charge is 2.48. The molecule has 8 nitrogen and oxygen atoms in total. The minimum Gasteiger partial charge on any atom is -0.349 e. The maximum absolute atomic E-state index is 13.3. The van der Waals surface area contributed by atoms with Gasteiger partial charge >= 0.3 is 0 Å². The van der Waals surface area contributed by atoms with Gasteiger partial charge in [-0.3, -0.25) is 9.59 Å². The zero-order valence-corrected chi connectivity index (χ0v) is 19.6. The fourth-order valence-electron chi connectivity index (χ4n) is 3.76. The van der Waals surface area contributed by atoms with Gasteiger partial charge in [0.05, 0.1) is 26.6 Å². The summed E-state index contributed by atoms with van der Waals surface area (Å²) in [5.41, 5.74) is -0.301. The van der Waals surface area contributed by atoms with Gasteiger partial charge in [0.15, 0.2) is 9.84 Å². The van der Waals surface area contributed by atoms with Crippen molar-refractivity contribution in [2.24, 2.45) is 0 Å². The molecule has 170 valence electrons. The number of hydrogen-bond donors (Lipinski definition) is 1. The molecule has 2 aromatic rings. The van der Waals surface area contributed by atoms with Crippen molar-refractivity contribution in [3.8, 4) is 0 Å². The molecule has 1 saturated carbocycles. The van der Waals surface area contributed by atoms with E-state index < -0.39 is 27.0 Å². The summed E-state index contributed by atoms with van der Waals surface area (Å²) in [6, 6.07) is 5.26. The minimum absolute atomic E-state index is 0.00434. The summed E-state index contributed by atoms with van der Waals surface area (Å²) < 4.78 is 26.6. The van der Waals surface area contributed by atoms with E-state index in [4.69, 9.17) is 23.2 Å². The molecule has 2 aliphatic rings. The van der Waals surface area contributed by atoms with Gasteiger partial charge in [0.1, 0.15) is 11.9 Å². The third kappa shape index (κ3) is 4.74. The Morgan fingerprint density at radius 3 is 2.47 bits per heavy atom. The lowest BCUT2D eigenvalue weighted by atomic mass is 10.1. The van der Waals surface area contributed by atoms with Crippen LogP contribution in [-0.4, -0.2) is 58.5 Å². The van der Waals surface area contributed by atoms with Crippen molar-refractivity contribution in [1.29, 1.82) is 0 Å². The first kappa shape index (κ1) is 22.9. The van der Waals surface area contributed by atoms with E-state index in [1.54, 1.807) is 12.1 Å². The van der Waals surface area contributed by atoms with E-state index in [-0.39, 0.29) is 46.6 Å². The summed E-state index contributed by atoms with van der Waals surface area (Å²) >= 11 is 11.9. The van der Waals surface area contributed by atoms with Gasteiger partial charge < -0.3 is 10.2 Å². The lowest BCUT2D eigenvalue weighted by Crippen LogP contribution is -2.49. The number of carbonyl (C=O) groups excluding carboxylic acids is 2. The Morgan fingerprint density at radius 2 is 1.84 bits per heavy atom. The zero-order valence-electron chi connectivity index (χ0n) is 17.3. The van der Waals surface area contributed by atoms with Crippen LogP contribution in [0.1, 0.15) is 32.0 Å². The fraction of sp³-hybridized carbons (Fsp3) is 0.429. The van der Waals surface area contributed by atoms with Gasteiger partial charge in [0.25, 0.3) is 0 Å². The van der Waals surface area contributed by atoms with Gasteiger partial charge in [0.2, 0.25) is 11.8 Å². The van der Waals surface area contributed by atoms with E-state index in [1.165, 1.54) is 29.4 Å². The number of rotatable bonds is 6. The predicted octanol–water partition coefficient (Wildman–Crippen LogP) is 2.44. The molecule has 2 atom stereocenters.